The number of nitrogens with zero attached hydrogens (tertiary/aromatic N) is 1. The van der Waals surface area contributed by atoms with E-state index in [9.17, 15) is 4.79 Å². The monoisotopic (exact) mass is 1390 g/mol. The number of esters is 2. The first-order valence-electron chi connectivity index (χ1n) is 38.6. The molecule has 0 bridgehead atoms. The van der Waals surface area contributed by atoms with Crippen molar-refractivity contribution in [2.75, 3.05) is 146 Å². The van der Waals surface area contributed by atoms with Gasteiger partial charge in [0.2, 0.25) is 0 Å². The van der Waals surface area contributed by atoms with Gasteiger partial charge in [0.1, 0.15) is 18.8 Å². The molecule has 1 saturated heterocycles. The minimum absolute atomic E-state index is 0.0570. The summed E-state index contributed by atoms with van der Waals surface area (Å²) in [5.74, 6) is -1.05. The summed E-state index contributed by atoms with van der Waals surface area (Å²) in [5.41, 5.74) is 7.30. The first-order valence-corrected chi connectivity index (χ1v) is 38.6. The molecular formula is C90H56N2O14. The Morgan fingerprint density at radius 2 is 0.566 bits per heavy atom. The third-order valence-corrected chi connectivity index (χ3v) is 31.5. The average molecular weight is 1390 g/mol. The molecule has 1 N–H and O–H groups in total. The van der Waals surface area contributed by atoms with Crippen LogP contribution < -0.4 is 5.32 Å². The van der Waals surface area contributed by atoms with Gasteiger partial charge >= 0.3 is 18.0 Å². The fourth-order valence-electron chi connectivity index (χ4n) is 30.4. The molecule has 106 heavy (non-hydrogen) atoms. The molecule has 9 aliphatic carbocycles. The maximum absolute atomic E-state index is 17.9. The van der Waals surface area contributed by atoms with E-state index >= 15 is 9.59 Å². The fourth-order valence-corrected chi connectivity index (χ4v) is 30.4. The van der Waals surface area contributed by atoms with Crippen LogP contribution in [0.3, 0.4) is 0 Å². The smallest absolute Gasteiger partial charge is 0.407 e. The number of benzene rings is 16. The third-order valence-electron chi connectivity index (χ3n) is 31.5. The lowest BCUT2D eigenvalue weighted by Gasteiger charge is -2.49. The highest BCUT2D eigenvalue weighted by atomic mass is 16.6. The highest BCUT2D eigenvalue weighted by Gasteiger charge is 3.02. The zero-order valence-electron chi connectivity index (χ0n) is 58.3. The Balaban J connectivity index is 0.715. The van der Waals surface area contributed by atoms with Crippen LogP contribution in [-0.4, -0.2) is 175 Å². The van der Waals surface area contributed by atoms with Crippen LogP contribution in [0.25, 0.3) is 259 Å². The summed E-state index contributed by atoms with van der Waals surface area (Å²) in [6, 6.07) is 0. The standard InChI is InChI=1S/C90H56N2O14/c1-85(2,3)106-84(95)91-6-8-98-14-15-99-9-7-92-24-86-74-60-50-39-30-26-27-29-34-28(26)35-32-37(30)43(50)52-48-41(32)54-45(35)56-47(34)57-46-36(29)33-38-31(27)40(39)51-44(38)53-49-42(33)55(46)69-71-59(49)65(63(53)75(86)61(51)60)77-73-72-76(87(77,86)25-92)64(62(52)74)58(48)70-68(54)78-66(56)67(57)79(69)89(81(71)73)88(78,80(70)72)90(89,82(93)104-22-20-102-18-16-100-12-10-96-4)83(94)105-23-21-103-19-17-101-13-11-97-5/h6-25H2,1-5H3,(H,91,95). The summed E-state index contributed by atoms with van der Waals surface area (Å²) in [6.07, 6.45) is -0.452. The molecular weight excluding hydrogens is 1330 g/mol. The molecule has 24 aromatic carbocycles. The van der Waals surface area contributed by atoms with Crippen molar-refractivity contribution in [1.82, 2.24) is 10.2 Å². The molecule has 1 amide bonds. The number of methoxy groups -OCH3 is 2. The molecule has 10 aliphatic rings. The SMILES string of the molecule is COCCOCCOCCOC(=O)C1(C(=O)OCCOCCOCCOC)C23c4c5c6c7c8c9c%10c%11c%12c%13c%14c(c-5c5c%15c%16c(c%17c%18c2c2c4c7c4c8c7c%10c8c%10c%11c%11c%13c(c%14%15)c%13c%16c%14c%17c%15c%18c%16c2c4c2c7c8c4c(c%162)c%15c2c%14c%13c%11c%10c24)C513)C61CN(CCOCCOCCNC(=O)OC(C)(C)C)CC9%121. The number of nitrogens with one attached hydrogen (secondary N) is 1. The van der Waals surface area contributed by atoms with Gasteiger partial charge in [-0.15, -0.1) is 0 Å². The number of likely N-dealkylation sites (tertiary alicyclic amines) is 1. The molecule has 1 saturated carbocycles. The number of ether oxygens (including phenoxy) is 11. The summed E-state index contributed by atoms with van der Waals surface area (Å²) < 4.78 is 67.4. The van der Waals surface area contributed by atoms with Gasteiger partial charge in [0, 0.05) is 40.4 Å². The highest BCUT2D eigenvalue weighted by molar-refractivity contribution is 6.79. The Kier molecular flexibility index (Phi) is 7.56. The number of carbonyl (C=O) groups is 3. The van der Waals surface area contributed by atoms with E-state index in [2.05, 4.69) is 10.2 Å². The summed E-state index contributed by atoms with van der Waals surface area (Å²) in [4.78, 5) is 51.1. The summed E-state index contributed by atoms with van der Waals surface area (Å²) in [6.45, 7) is 13.3. The second kappa shape index (κ2) is 15.0. The van der Waals surface area contributed by atoms with Crippen molar-refractivity contribution in [3.63, 3.8) is 0 Å². The van der Waals surface area contributed by atoms with E-state index in [0.29, 0.717) is 85.8 Å². The molecule has 4 spiro atoms. The molecule has 2 unspecified atom stereocenters. The summed E-state index contributed by atoms with van der Waals surface area (Å²) in [7, 11) is 3.33. The number of alkyl carbamates (subject to hydrolysis) is 1. The third kappa shape index (κ3) is 4.02. The van der Waals surface area contributed by atoms with Crippen LogP contribution >= 0.6 is 0 Å². The van der Waals surface area contributed by atoms with E-state index in [1.807, 2.05) is 20.8 Å². The molecule has 34 rings (SSSR count). The normalized spacial score (nSPS) is 23.0. The van der Waals surface area contributed by atoms with E-state index in [1.165, 1.54) is 282 Å². The van der Waals surface area contributed by atoms with Crippen molar-refractivity contribution in [3.05, 3.63) is 44.5 Å². The highest BCUT2D eigenvalue weighted by Crippen LogP contribution is 2.98. The zero-order valence-corrected chi connectivity index (χ0v) is 58.3. The molecule has 16 heteroatoms. The van der Waals surface area contributed by atoms with Crippen molar-refractivity contribution >= 4 is 266 Å². The fraction of sp³-hybridized carbons (Fsp3) is 0.344. The molecule has 16 nitrogen and oxygen atoms in total. The summed E-state index contributed by atoms with van der Waals surface area (Å²) >= 11 is 0. The number of rotatable bonds is 29. The molecule has 1 aliphatic heterocycles. The van der Waals surface area contributed by atoms with E-state index in [1.54, 1.807) is 36.1 Å². The van der Waals surface area contributed by atoms with E-state index < -0.39 is 50.7 Å². The van der Waals surface area contributed by atoms with Gasteiger partial charge in [-0.2, -0.15) is 0 Å². The Labute approximate surface area is 594 Å². The van der Waals surface area contributed by atoms with Crippen molar-refractivity contribution in [1.29, 1.82) is 0 Å². The van der Waals surface area contributed by atoms with Gasteiger partial charge in [-0.1, -0.05) is 0 Å². The van der Waals surface area contributed by atoms with Crippen molar-refractivity contribution < 1.29 is 66.5 Å². The molecule has 0 radical (unpaired) electrons. The van der Waals surface area contributed by atoms with Crippen LogP contribution in [0, 0.1) is 5.41 Å². The van der Waals surface area contributed by atoms with Crippen LogP contribution in [0.2, 0.25) is 0 Å². The van der Waals surface area contributed by atoms with Crippen LogP contribution in [0.5, 0.6) is 0 Å². The van der Waals surface area contributed by atoms with Crippen molar-refractivity contribution in [2.24, 2.45) is 5.41 Å². The lowest BCUT2D eigenvalue weighted by atomic mass is 9.50. The Bertz CT molecular complexity index is 7820. The number of hydrogen-bond donors (Lipinski definition) is 1. The van der Waals surface area contributed by atoms with E-state index in [4.69, 9.17) is 52.1 Å². The predicted molar refractivity (Wildman–Crippen MR) is 410 cm³/mol. The van der Waals surface area contributed by atoms with E-state index in [-0.39, 0.29) is 26.4 Å². The Hall–Kier alpha value is -9.43. The molecule has 0 aromatic heterocycles. The van der Waals surface area contributed by atoms with Gasteiger partial charge in [-0.05, 0) is 324 Å². The van der Waals surface area contributed by atoms with Gasteiger partial charge in [-0.3, -0.25) is 14.5 Å². The van der Waals surface area contributed by atoms with Gasteiger partial charge in [0.05, 0.1) is 114 Å². The second-order valence-electron chi connectivity index (χ2n) is 35.1. The maximum atomic E-state index is 17.9. The van der Waals surface area contributed by atoms with Crippen LogP contribution in [0.15, 0.2) is 0 Å². The maximum Gasteiger partial charge on any atom is 0.407 e. The first-order chi connectivity index (χ1) is 52.1. The van der Waals surface area contributed by atoms with E-state index in [0.717, 1.165) is 19.6 Å². The topological polar surface area (TPSA) is 168 Å². The van der Waals surface area contributed by atoms with Gasteiger partial charge in [-0.25, -0.2) is 4.79 Å². The number of hydrogen-bond acceptors (Lipinski definition) is 15. The van der Waals surface area contributed by atoms with Crippen molar-refractivity contribution in [2.45, 2.75) is 48.0 Å². The average Bonchev–Trinajstić information content (AvgIpc) is 1.35. The Morgan fingerprint density at radius 3 is 0.896 bits per heavy atom. The van der Waals surface area contributed by atoms with Crippen LogP contribution in [-0.2, 0) is 83.4 Å². The largest absolute Gasteiger partial charge is 0.462 e. The molecule has 2 fully saturated rings. The van der Waals surface area contributed by atoms with Gasteiger partial charge in [0.15, 0.2) is 5.41 Å². The van der Waals surface area contributed by atoms with Crippen LogP contribution in [0.1, 0.15) is 65.3 Å². The lowest BCUT2D eigenvalue weighted by Crippen LogP contribution is -2.51. The predicted octanol–water partition coefficient (Wildman–Crippen LogP) is 15.1. The van der Waals surface area contributed by atoms with Crippen molar-refractivity contribution in [3.8, 4) is 11.1 Å². The van der Waals surface area contributed by atoms with Gasteiger partial charge in [0.25, 0.3) is 0 Å². The lowest BCUT2D eigenvalue weighted by molar-refractivity contribution is -0.168. The molecule has 2 atom stereocenters. The molecule has 1 heterocycles. The Morgan fingerprint density at radius 1 is 0.311 bits per heavy atom. The summed E-state index contributed by atoms with van der Waals surface area (Å²) in [5, 5.41) is 68.9. The minimum Gasteiger partial charge on any atom is -0.462 e. The number of amides is 1. The van der Waals surface area contributed by atoms with Gasteiger partial charge < -0.3 is 57.4 Å². The van der Waals surface area contributed by atoms with Crippen LogP contribution in [0.4, 0.5) is 4.79 Å². The first kappa shape index (κ1) is 53.4. The molecule has 24 aromatic rings. The minimum atomic E-state index is -1.94. The zero-order chi connectivity index (χ0) is 68.3. The number of carbonyl (C=O) groups excluding carboxylic acids is 3. The second-order valence-corrected chi connectivity index (χ2v) is 35.1. The molecule has 510 valence electrons. The quantitative estimate of drug-likeness (QED) is 0.0154.